The molecule has 0 aliphatic heterocycles. The van der Waals surface area contributed by atoms with E-state index in [0.29, 0.717) is 5.69 Å². The van der Waals surface area contributed by atoms with Gasteiger partial charge in [0.05, 0.1) is 5.56 Å². The Bertz CT molecular complexity index is 878. The van der Waals surface area contributed by atoms with Gasteiger partial charge in [-0.05, 0) is 42.5 Å². The van der Waals surface area contributed by atoms with Gasteiger partial charge in [-0.1, -0.05) is 11.8 Å². The summed E-state index contributed by atoms with van der Waals surface area (Å²) in [6.07, 6.45) is 3.56. The number of nitrogens with one attached hydrogen (secondary N) is 1. The van der Waals surface area contributed by atoms with Crippen LogP contribution in [-0.4, -0.2) is 15.5 Å². The highest BCUT2D eigenvalue weighted by Crippen LogP contribution is 2.27. The highest BCUT2D eigenvalue weighted by molar-refractivity contribution is 7.99. The number of benzene rings is 2. The minimum Gasteiger partial charge on any atom is -0.329 e. The lowest BCUT2D eigenvalue weighted by atomic mass is 10.2. The zero-order chi connectivity index (χ0) is 17.1. The van der Waals surface area contributed by atoms with E-state index in [1.165, 1.54) is 11.8 Å². The molecule has 122 valence electrons. The van der Waals surface area contributed by atoms with E-state index in [4.69, 9.17) is 0 Å². The van der Waals surface area contributed by atoms with Crippen LogP contribution in [-0.2, 0) is 7.05 Å². The first kappa shape index (κ1) is 16.2. The summed E-state index contributed by atoms with van der Waals surface area (Å²) in [5.41, 5.74) is 0.161. The predicted octanol–water partition coefficient (Wildman–Crippen LogP) is 4.10. The number of hydrogen-bond donors (Lipinski definition) is 1. The Kier molecular flexibility index (Phi) is 4.61. The molecule has 0 spiro atoms. The summed E-state index contributed by atoms with van der Waals surface area (Å²) in [5.74, 6) is -2.13. The van der Waals surface area contributed by atoms with Crippen LogP contribution in [0.15, 0.2) is 64.9 Å². The third-order valence-electron chi connectivity index (χ3n) is 3.27. The maximum atomic E-state index is 13.6. The fourth-order valence-electron chi connectivity index (χ4n) is 2.03. The Labute approximate surface area is 141 Å². The van der Waals surface area contributed by atoms with E-state index in [1.54, 1.807) is 18.3 Å². The molecule has 0 saturated carbocycles. The molecule has 3 rings (SSSR count). The van der Waals surface area contributed by atoms with E-state index < -0.39 is 17.5 Å². The number of carbonyl (C=O) groups excluding carboxylic acids is 1. The maximum Gasteiger partial charge on any atom is 0.258 e. The number of amides is 1. The van der Waals surface area contributed by atoms with Crippen molar-refractivity contribution < 1.29 is 13.6 Å². The molecule has 3 aromatic rings. The van der Waals surface area contributed by atoms with E-state index in [-0.39, 0.29) is 5.56 Å². The molecule has 1 heterocycles. The van der Waals surface area contributed by atoms with Crippen LogP contribution in [0.1, 0.15) is 10.4 Å². The molecule has 0 bridgehead atoms. The number of imidazole rings is 1. The Morgan fingerprint density at radius 1 is 1.17 bits per heavy atom. The third-order valence-corrected chi connectivity index (χ3v) is 4.36. The van der Waals surface area contributed by atoms with Crippen LogP contribution in [0.3, 0.4) is 0 Å². The van der Waals surface area contributed by atoms with Crippen LogP contribution in [0.25, 0.3) is 0 Å². The van der Waals surface area contributed by atoms with Gasteiger partial charge in [0.25, 0.3) is 5.91 Å². The minimum absolute atomic E-state index is 0.332. The standard InChI is InChI=1S/C17H13F2N3OS/c1-22-9-8-20-17(22)24-13-5-3-12(4-6-13)21-16(23)14-10-11(18)2-7-15(14)19/h2-10H,1H3,(H,21,23). The highest BCUT2D eigenvalue weighted by atomic mass is 32.2. The molecule has 1 N–H and O–H groups in total. The molecule has 0 aliphatic carbocycles. The smallest absolute Gasteiger partial charge is 0.258 e. The van der Waals surface area contributed by atoms with Gasteiger partial charge in [0.1, 0.15) is 11.6 Å². The molecule has 0 unspecified atom stereocenters. The van der Waals surface area contributed by atoms with E-state index >= 15 is 0 Å². The maximum absolute atomic E-state index is 13.6. The van der Waals surface area contributed by atoms with Crippen molar-refractivity contribution in [3.63, 3.8) is 0 Å². The molecule has 1 aromatic heterocycles. The fourth-order valence-corrected chi connectivity index (χ4v) is 2.83. The van der Waals surface area contributed by atoms with Gasteiger partial charge in [0.15, 0.2) is 5.16 Å². The van der Waals surface area contributed by atoms with E-state index in [1.807, 2.05) is 29.9 Å². The van der Waals surface area contributed by atoms with Crippen molar-refractivity contribution in [2.75, 3.05) is 5.32 Å². The molecule has 24 heavy (non-hydrogen) atoms. The second-order valence-corrected chi connectivity index (χ2v) is 6.07. The molecule has 4 nitrogen and oxygen atoms in total. The van der Waals surface area contributed by atoms with Gasteiger partial charge in [0.2, 0.25) is 0 Å². The summed E-state index contributed by atoms with van der Waals surface area (Å²) in [7, 11) is 1.90. The lowest BCUT2D eigenvalue weighted by Crippen LogP contribution is -2.14. The first-order valence-corrected chi connectivity index (χ1v) is 7.86. The van der Waals surface area contributed by atoms with Crippen LogP contribution in [0.2, 0.25) is 0 Å². The van der Waals surface area contributed by atoms with Crippen LogP contribution in [0.5, 0.6) is 0 Å². The molecule has 0 aliphatic rings. The molecule has 1 amide bonds. The Morgan fingerprint density at radius 2 is 1.92 bits per heavy atom. The quantitative estimate of drug-likeness (QED) is 0.774. The largest absolute Gasteiger partial charge is 0.329 e. The summed E-state index contributed by atoms with van der Waals surface area (Å²) in [5, 5.41) is 3.39. The number of aromatic nitrogens is 2. The van der Waals surface area contributed by atoms with Gasteiger partial charge in [0, 0.05) is 30.0 Å². The number of nitrogens with zero attached hydrogens (tertiary/aromatic N) is 2. The van der Waals surface area contributed by atoms with Gasteiger partial charge in [-0.3, -0.25) is 4.79 Å². The van der Waals surface area contributed by atoms with Gasteiger partial charge in [-0.2, -0.15) is 0 Å². The topological polar surface area (TPSA) is 46.9 Å². The fraction of sp³-hybridized carbons (Fsp3) is 0.0588. The van der Waals surface area contributed by atoms with Gasteiger partial charge in [-0.25, -0.2) is 13.8 Å². The zero-order valence-electron chi connectivity index (χ0n) is 12.7. The second-order valence-electron chi connectivity index (χ2n) is 5.03. The van der Waals surface area contributed by atoms with Crippen LogP contribution in [0.4, 0.5) is 14.5 Å². The van der Waals surface area contributed by atoms with Crippen molar-refractivity contribution in [3.05, 3.63) is 72.1 Å². The second kappa shape index (κ2) is 6.84. The van der Waals surface area contributed by atoms with Gasteiger partial charge >= 0.3 is 0 Å². The van der Waals surface area contributed by atoms with Crippen molar-refractivity contribution in [1.29, 1.82) is 0 Å². The molecule has 0 radical (unpaired) electrons. The van der Waals surface area contributed by atoms with Gasteiger partial charge in [-0.15, -0.1) is 0 Å². The summed E-state index contributed by atoms with van der Waals surface area (Å²) < 4.78 is 28.6. The summed E-state index contributed by atoms with van der Waals surface area (Å²) in [4.78, 5) is 17.2. The van der Waals surface area contributed by atoms with Crippen molar-refractivity contribution in [1.82, 2.24) is 9.55 Å². The normalized spacial score (nSPS) is 10.6. The highest BCUT2D eigenvalue weighted by Gasteiger charge is 2.13. The summed E-state index contributed by atoms with van der Waals surface area (Å²) in [6.45, 7) is 0. The average Bonchev–Trinajstić information content (AvgIpc) is 2.96. The van der Waals surface area contributed by atoms with Crippen LogP contribution in [0, 0.1) is 11.6 Å². The van der Waals surface area contributed by atoms with Crippen molar-refractivity contribution in [3.8, 4) is 0 Å². The lowest BCUT2D eigenvalue weighted by Gasteiger charge is -2.07. The predicted molar refractivity (Wildman–Crippen MR) is 88.1 cm³/mol. The number of hydrogen-bond acceptors (Lipinski definition) is 3. The molecule has 0 saturated heterocycles. The number of halogens is 2. The number of rotatable bonds is 4. The summed E-state index contributed by atoms with van der Waals surface area (Å²) in [6, 6.07) is 9.79. The number of anilines is 1. The SMILES string of the molecule is Cn1ccnc1Sc1ccc(NC(=O)c2cc(F)ccc2F)cc1. The number of aryl methyl sites for hydroxylation is 1. The van der Waals surface area contributed by atoms with Crippen LogP contribution >= 0.6 is 11.8 Å². The molecule has 0 atom stereocenters. The average molecular weight is 345 g/mol. The first-order chi connectivity index (χ1) is 11.5. The Morgan fingerprint density at radius 3 is 2.58 bits per heavy atom. The van der Waals surface area contributed by atoms with E-state index in [2.05, 4.69) is 10.3 Å². The van der Waals surface area contributed by atoms with Crippen molar-refractivity contribution in [2.24, 2.45) is 7.05 Å². The van der Waals surface area contributed by atoms with E-state index in [0.717, 1.165) is 28.3 Å². The molecule has 0 fully saturated rings. The number of carbonyl (C=O) groups is 1. The molecular formula is C17H13F2N3OS. The van der Waals surface area contributed by atoms with Gasteiger partial charge < -0.3 is 9.88 Å². The van der Waals surface area contributed by atoms with Crippen molar-refractivity contribution >= 4 is 23.4 Å². The summed E-state index contributed by atoms with van der Waals surface area (Å²) >= 11 is 1.48. The molecular weight excluding hydrogens is 332 g/mol. The van der Waals surface area contributed by atoms with Crippen LogP contribution < -0.4 is 5.32 Å². The Hall–Kier alpha value is -2.67. The first-order valence-electron chi connectivity index (χ1n) is 7.04. The third kappa shape index (κ3) is 3.62. The monoisotopic (exact) mass is 345 g/mol. The van der Waals surface area contributed by atoms with E-state index in [9.17, 15) is 13.6 Å². The molecule has 7 heteroatoms. The Balaban J connectivity index is 1.71. The van der Waals surface area contributed by atoms with Crippen molar-refractivity contribution in [2.45, 2.75) is 10.1 Å². The zero-order valence-corrected chi connectivity index (χ0v) is 13.5. The lowest BCUT2D eigenvalue weighted by molar-refractivity contribution is 0.102. The minimum atomic E-state index is -0.768. The molecule has 2 aromatic carbocycles.